The number of rotatable bonds is 8. The second kappa shape index (κ2) is 7.88. The molecule has 0 fully saturated rings. The molecule has 18 heavy (non-hydrogen) atoms. The lowest BCUT2D eigenvalue weighted by Gasteiger charge is -2.10. The van der Waals surface area contributed by atoms with E-state index in [1.54, 1.807) is 11.3 Å². The van der Waals surface area contributed by atoms with E-state index in [1.165, 1.54) is 4.88 Å². The van der Waals surface area contributed by atoms with Crippen molar-refractivity contribution in [3.8, 4) is 0 Å². The van der Waals surface area contributed by atoms with Crippen molar-refractivity contribution in [2.45, 2.75) is 26.7 Å². The summed E-state index contributed by atoms with van der Waals surface area (Å²) in [6, 6.07) is 4.16. The maximum atomic E-state index is 5.61. The SMILES string of the molecule is C=N/C(=C\C(=C)C(C)CC)OCCc1cccs1. The average molecular weight is 263 g/mol. The second-order valence-electron chi connectivity index (χ2n) is 4.20. The first-order valence-electron chi connectivity index (χ1n) is 6.19. The number of thiophene rings is 1. The van der Waals surface area contributed by atoms with Gasteiger partial charge in [-0.2, -0.15) is 0 Å². The van der Waals surface area contributed by atoms with E-state index in [1.807, 2.05) is 12.1 Å². The van der Waals surface area contributed by atoms with Crippen molar-refractivity contribution in [3.05, 3.63) is 46.5 Å². The number of aliphatic imine (C=N–C) groups is 1. The highest BCUT2D eigenvalue weighted by Gasteiger charge is 2.04. The van der Waals surface area contributed by atoms with Crippen LogP contribution >= 0.6 is 11.3 Å². The van der Waals surface area contributed by atoms with Crippen LogP contribution in [0.3, 0.4) is 0 Å². The molecular weight excluding hydrogens is 242 g/mol. The molecule has 1 rings (SSSR count). The maximum Gasteiger partial charge on any atom is 0.212 e. The van der Waals surface area contributed by atoms with E-state index >= 15 is 0 Å². The van der Waals surface area contributed by atoms with Gasteiger partial charge in [0.1, 0.15) is 0 Å². The van der Waals surface area contributed by atoms with Crippen molar-refractivity contribution in [1.82, 2.24) is 0 Å². The van der Waals surface area contributed by atoms with Crippen LogP contribution in [-0.4, -0.2) is 13.3 Å². The Balaban J connectivity index is 2.44. The highest BCUT2D eigenvalue weighted by molar-refractivity contribution is 7.09. The van der Waals surface area contributed by atoms with Gasteiger partial charge in [0.15, 0.2) is 0 Å². The van der Waals surface area contributed by atoms with Gasteiger partial charge in [-0.1, -0.05) is 26.5 Å². The Morgan fingerprint density at radius 2 is 2.39 bits per heavy atom. The van der Waals surface area contributed by atoms with Gasteiger partial charge in [0, 0.05) is 17.4 Å². The van der Waals surface area contributed by atoms with Gasteiger partial charge in [-0.15, -0.1) is 11.3 Å². The van der Waals surface area contributed by atoms with Crippen molar-refractivity contribution >= 4 is 18.1 Å². The van der Waals surface area contributed by atoms with Crippen LogP contribution < -0.4 is 0 Å². The van der Waals surface area contributed by atoms with E-state index in [0.29, 0.717) is 18.4 Å². The van der Waals surface area contributed by atoms with Gasteiger partial charge in [0.2, 0.25) is 5.88 Å². The summed E-state index contributed by atoms with van der Waals surface area (Å²) in [6.07, 6.45) is 3.85. The number of ether oxygens (including phenoxy) is 1. The predicted molar refractivity (Wildman–Crippen MR) is 80.2 cm³/mol. The highest BCUT2D eigenvalue weighted by atomic mass is 32.1. The van der Waals surface area contributed by atoms with Crippen LogP contribution in [0, 0.1) is 5.92 Å². The second-order valence-corrected chi connectivity index (χ2v) is 5.23. The normalized spacial score (nSPS) is 13.1. The fraction of sp³-hybridized carbons (Fsp3) is 0.400. The van der Waals surface area contributed by atoms with E-state index in [-0.39, 0.29) is 0 Å². The van der Waals surface area contributed by atoms with Gasteiger partial charge in [0.25, 0.3) is 0 Å². The summed E-state index contributed by atoms with van der Waals surface area (Å²) in [5.74, 6) is 1.01. The van der Waals surface area contributed by atoms with Crippen molar-refractivity contribution in [1.29, 1.82) is 0 Å². The molecule has 1 heterocycles. The lowest BCUT2D eigenvalue weighted by atomic mass is 10.0. The number of hydrogen-bond donors (Lipinski definition) is 0. The van der Waals surface area contributed by atoms with E-state index in [4.69, 9.17) is 4.74 Å². The third-order valence-electron chi connectivity index (χ3n) is 2.89. The first-order valence-corrected chi connectivity index (χ1v) is 7.07. The zero-order valence-electron chi connectivity index (χ0n) is 11.2. The summed E-state index contributed by atoms with van der Waals surface area (Å²) >= 11 is 1.74. The first-order chi connectivity index (χ1) is 8.67. The van der Waals surface area contributed by atoms with Gasteiger partial charge in [-0.05, 0) is 36.1 Å². The smallest absolute Gasteiger partial charge is 0.212 e. The minimum absolute atomic E-state index is 0.447. The van der Waals surface area contributed by atoms with Crippen LogP contribution in [0.1, 0.15) is 25.1 Å². The Kier molecular flexibility index (Phi) is 6.44. The van der Waals surface area contributed by atoms with Gasteiger partial charge in [0.05, 0.1) is 6.61 Å². The Bertz CT molecular complexity index is 406. The predicted octanol–water partition coefficient (Wildman–Crippen LogP) is 4.45. The van der Waals surface area contributed by atoms with Crippen molar-refractivity contribution in [3.63, 3.8) is 0 Å². The summed E-state index contributed by atoms with van der Waals surface area (Å²) in [6.45, 7) is 12.5. The van der Waals surface area contributed by atoms with Crippen LogP contribution in [0.5, 0.6) is 0 Å². The van der Waals surface area contributed by atoms with Gasteiger partial charge < -0.3 is 4.74 Å². The molecule has 1 atom stereocenters. The van der Waals surface area contributed by atoms with Crippen LogP contribution in [-0.2, 0) is 11.2 Å². The monoisotopic (exact) mass is 263 g/mol. The molecule has 0 bridgehead atoms. The molecular formula is C15H21NOS. The van der Waals surface area contributed by atoms with Crippen LogP contribution in [0.25, 0.3) is 0 Å². The third kappa shape index (κ3) is 4.88. The summed E-state index contributed by atoms with van der Waals surface area (Å²) in [5, 5.41) is 2.07. The fourth-order valence-electron chi connectivity index (χ4n) is 1.41. The zero-order valence-corrected chi connectivity index (χ0v) is 12.0. The molecule has 0 amide bonds. The number of hydrogen-bond acceptors (Lipinski definition) is 3. The molecule has 0 spiro atoms. The topological polar surface area (TPSA) is 21.6 Å². The van der Waals surface area contributed by atoms with Gasteiger partial charge in [-0.3, -0.25) is 0 Å². The van der Waals surface area contributed by atoms with E-state index in [9.17, 15) is 0 Å². The largest absolute Gasteiger partial charge is 0.477 e. The Labute approximate surface area is 114 Å². The van der Waals surface area contributed by atoms with E-state index in [2.05, 4.69) is 43.6 Å². The fourth-order valence-corrected chi connectivity index (χ4v) is 2.10. The lowest BCUT2D eigenvalue weighted by Crippen LogP contribution is -1.99. The molecule has 0 aliphatic carbocycles. The Morgan fingerprint density at radius 3 is 2.94 bits per heavy atom. The highest BCUT2D eigenvalue weighted by Crippen LogP contribution is 2.16. The molecule has 98 valence electrons. The molecule has 0 N–H and O–H groups in total. The van der Waals surface area contributed by atoms with Crippen LogP contribution in [0.15, 0.2) is 46.6 Å². The molecule has 3 heteroatoms. The molecule has 1 unspecified atom stereocenters. The van der Waals surface area contributed by atoms with Crippen LogP contribution in [0.4, 0.5) is 0 Å². The van der Waals surface area contributed by atoms with Gasteiger partial charge in [-0.25, -0.2) is 4.99 Å². The van der Waals surface area contributed by atoms with Crippen molar-refractivity contribution in [2.75, 3.05) is 6.61 Å². The van der Waals surface area contributed by atoms with Gasteiger partial charge >= 0.3 is 0 Å². The molecule has 0 saturated carbocycles. The average Bonchev–Trinajstić information content (AvgIpc) is 2.89. The Morgan fingerprint density at radius 1 is 1.61 bits per heavy atom. The minimum Gasteiger partial charge on any atom is -0.477 e. The summed E-state index contributed by atoms with van der Waals surface area (Å²) in [4.78, 5) is 5.21. The van der Waals surface area contributed by atoms with Crippen molar-refractivity contribution < 1.29 is 4.74 Å². The molecule has 0 aromatic carbocycles. The third-order valence-corrected chi connectivity index (χ3v) is 3.82. The lowest BCUT2D eigenvalue weighted by molar-refractivity contribution is 0.214. The zero-order chi connectivity index (χ0) is 13.4. The molecule has 2 nitrogen and oxygen atoms in total. The quantitative estimate of drug-likeness (QED) is 0.386. The van der Waals surface area contributed by atoms with E-state index in [0.717, 1.165) is 18.4 Å². The number of nitrogens with zero attached hydrogens (tertiary/aromatic N) is 1. The summed E-state index contributed by atoms with van der Waals surface area (Å²) < 4.78 is 5.61. The van der Waals surface area contributed by atoms with Crippen LogP contribution in [0.2, 0.25) is 0 Å². The molecule has 1 aromatic heterocycles. The standard InChI is InChI=1S/C15H21NOS/c1-5-12(2)13(3)11-15(16-4)17-9-8-14-7-6-10-18-14/h6-7,10-12H,3-5,8-9H2,1-2H3/b15-11+. The minimum atomic E-state index is 0.447. The molecule has 0 saturated heterocycles. The molecule has 0 aliphatic heterocycles. The molecule has 0 aliphatic rings. The molecule has 1 aromatic rings. The Hall–Kier alpha value is -1.35. The maximum absolute atomic E-state index is 5.61. The number of allylic oxidation sites excluding steroid dienone is 2. The molecule has 0 radical (unpaired) electrons. The summed E-state index contributed by atoms with van der Waals surface area (Å²) in [5.41, 5.74) is 1.04. The first kappa shape index (κ1) is 14.7. The van der Waals surface area contributed by atoms with Crippen molar-refractivity contribution in [2.24, 2.45) is 10.9 Å². The summed E-state index contributed by atoms with van der Waals surface area (Å²) in [7, 11) is 0. The van der Waals surface area contributed by atoms with E-state index < -0.39 is 0 Å².